The summed E-state index contributed by atoms with van der Waals surface area (Å²) in [5, 5.41) is 3.37. The van der Waals surface area contributed by atoms with Gasteiger partial charge in [-0.15, -0.1) is 0 Å². The maximum atomic E-state index is 4.80. The lowest BCUT2D eigenvalue weighted by Crippen LogP contribution is -2.31. The number of nitrogens with zero attached hydrogens (tertiary/aromatic N) is 3. The van der Waals surface area contributed by atoms with Gasteiger partial charge < -0.3 is 10.2 Å². The minimum atomic E-state index is 0.901. The highest BCUT2D eigenvalue weighted by Gasteiger charge is 2.17. The summed E-state index contributed by atoms with van der Waals surface area (Å²) in [6.45, 7) is 7.40. The smallest absolute Gasteiger partial charge is 0.227 e. The Morgan fingerprint density at radius 1 is 1.16 bits per heavy atom. The van der Waals surface area contributed by atoms with Gasteiger partial charge in [0, 0.05) is 19.6 Å². The molecule has 19 heavy (non-hydrogen) atoms. The van der Waals surface area contributed by atoms with Crippen molar-refractivity contribution in [2.45, 2.75) is 46.0 Å². The second kappa shape index (κ2) is 7.26. The zero-order valence-electron chi connectivity index (χ0n) is 11.9. The Hall–Kier alpha value is -0.590. The van der Waals surface area contributed by atoms with Gasteiger partial charge in [-0.05, 0) is 55.2 Å². The molecule has 0 bridgehead atoms. The molecule has 2 rings (SSSR count). The van der Waals surface area contributed by atoms with Crippen LogP contribution < -0.4 is 10.2 Å². The van der Waals surface area contributed by atoms with Gasteiger partial charge in [-0.2, -0.15) is 4.98 Å². The third-order valence-electron chi connectivity index (χ3n) is 3.38. The minimum Gasteiger partial charge on any atom is -0.369 e. The molecule has 2 heterocycles. The predicted molar refractivity (Wildman–Crippen MR) is 89.0 cm³/mol. The molecule has 5 heteroatoms. The van der Waals surface area contributed by atoms with Crippen LogP contribution in [0.5, 0.6) is 0 Å². The van der Waals surface area contributed by atoms with Gasteiger partial charge in [0.05, 0.1) is 9.26 Å². The van der Waals surface area contributed by atoms with E-state index in [0.29, 0.717) is 0 Å². The zero-order valence-corrected chi connectivity index (χ0v) is 14.0. The molecule has 0 aliphatic carbocycles. The van der Waals surface area contributed by atoms with Crippen LogP contribution >= 0.6 is 22.6 Å². The Labute approximate surface area is 129 Å². The Balaban J connectivity index is 2.30. The van der Waals surface area contributed by atoms with Gasteiger partial charge >= 0.3 is 0 Å². The van der Waals surface area contributed by atoms with Crippen LogP contribution in [0.2, 0.25) is 0 Å². The fraction of sp³-hybridized carbons (Fsp3) is 0.714. The fourth-order valence-electron chi connectivity index (χ4n) is 2.40. The average molecular weight is 374 g/mol. The van der Waals surface area contributed by atoms with Crippen LogP contribution in [0.3, 0.4) is 0 Å². The predicted octanol–water partition coefficient (Wildman–Crippen LogP) is 3.46. The monoisotopic (exact) mass is 374 g/mol. The van der Waals surface area contributed by atoms with E-state index in [2.05, 4.69) is 46.7 Å². The molecular weight excluding hydrogens is 351 g/mol. The summed E-state index contributed by atoms with van der Waals surface area (Å²) in [7, 11) is 0. The zero-order chi connectivity index (χ0) is 13.7. The van der Waals surface area contributed by atoms with Crippen LogP contribution in [-0.4, -0.2) is 29.6 Å². The van der Waals surface area contributed by atoms with Gasteiger partial charge in [0.1, 0.15) is 5.82 Å². The first-order valence-electron chi connectivity index (χ1n) is 7.31. The SMILES string of the molecule is CCCc1nc(N2CCCCC2)nc(NCC)c1I. The summed E-state index contributed by atoms with van der Waals surface area (Å²) >= 11 is 2.37. The van der Waals surface area contributed by atoms with E-state index in [9.17, 15) is 0 Å². The van der Waals surface area contributed by atoms with E-state index in [-0.39, 0.29) is 0 Å². The van der Waals surface area contributed by atoms with Crippen molar-refractivity contribution in [2.24, 2.45) is 0 Å². The molecule has 0 spiro atoms. The largest absolute Gasteiger partial charge is 0.369 e. The standard InChI is InChI=1S/C14H23IN4/c1-3-8-11-12(15)13(16-4-2)18-14(17-11)19-9-6-5-7-10-19/h3-10H2,1-2H3,(H,16,17,18). The third kappa shape index (κ3) is 3.70. The van der Waals surface area contributed by atoms with Crippen LogP contribution in [0.4, 0.5) is 11.8 Å². The number of anilines is 2. The highest BCUT2D eigenvalue weighted by atomic mass is 127. The second-order valence-electron chi connectivity index (χ2n) is 4.96. The van der Waals surface area contributed by atoms with Crippen molar-refractivity contribution < 1.29 is 0 Å². The average Bonchev–Trinajstić information content (AvgIpc) is 2.44. The lowest BCUT2D eigenvalue weighted by atomic mass is 10.1. The lowest BCUT2D eigenvalue weighted by Gasteiger charge is -2.27. The molecular formula is C14H23IN4. The van der Waals surface area contributed by atoms with Crippen molar-refractivity contribution in [1.82, 2.24) is 9.97 Å². The molecule has 0 aromatic carbocycles. The normalized spacial score (nSPS) is 15.6. The first-order chi connectivity index (χ1) is 9.26. The van der Waals surface area contributed by atoms with Crippen molar-refractivity contribution in [1.29, 1.82) is 0 Å². The molecule has 0 radical (unpaired) electrons. The topological polar surface area (TPSA) is 41.1 Å². The molecule has 1 N–H and O–H groups in total. The molecule has 1 fully saturated rings. The van der Waals surface area contributed by atoms with Crippen LogP contribution in [0.25, 0.3) is 0 Å². The number of nitrogens with one attached hydrogen (secondary N) is 1. The van der Waals surface area contributed by atoms with Crippen LogP contribution in [0, 0.1) is 3.57 Å². The second-order valence-corrected chi connectivity index (χ2v) is 6.04. The van der Waals surface area contributed by atoms with Gasteiger partial charge in [-0.3, -0.25) is 0 Å². The maximum Gasteiger partial charge on any atom is 0.227 e. The van der Waals surface area contributed by atoms with Crippen molar-refractivity contribution in [3.63, 3.8) is 0 Å². The van der Waals surface area contributed by atoms with E-state index < -0.39 is 0 Å². The summed E-state index contributed by atoms with van der Waals surface area (Å²) in [5.74, 6) is 1.92. The molecule has 1 aliphatic rings. The Bertz CT molecular complexity index is 389. The Kier molecular flexibility index (Phi) is 5.66. The highest BCUT2D eigenvalue weighted by molar-refractivity contribution is 14.1. The van der Waals surface area contributed by atoms with Gasteiger partial charge in [0.15, 0.2) is 0 Å². The van der Waals surface area contributed by atoms with E-state index in [1.165, 1.54) is 28.5 Å². The van der Waals surface area contributed by atoms with Crippen LogP contribution in [-0.2, 0) is 6.42 Å². The van der Waals surface area contributed by atoms with Gasteiger partial charge in [-0.1, -0.05) is 13.3 Å². The summed E-state index contributed by atoms with van der Waals surface area (Å²) in [5.41, 5.74) is 1.19. The number of hydrogen-bond donors (Lipinski definition) is 1. The molecule has 0 unspecified atom stereocenters. The summed E-state index contributed by atoms with van der Waals surface area (Å²) in [6.07, 6.45) is 6.00. The molecule has 0 amide bonds. The van der Waals surface area contributed by atoms with E-state index >= 15 is 0 Å². The molecule has 1 aromatic rings. The molecule has 0 saturated carbocycles. The maximum absolute atomic E-state index is 4.80. The van der Waals surface area contributed by atoms with Gasteiger partial charge in [0.2, 0.25) is 5.95 Å². The van der Waals surface area contributed by atoms with Crippen molar-refractivity contribution >= 4 is 34.4 Å². The molecule has 106 valence electrons. The Morgan fingerprint density at radius 2 is 1.89 bits per heavy atom. The number of hydrogen-bond acceptors (Lipinski definition) is 4. The molecule has 1 aliphatic heterocycles. The number of aryl methyl sites for hydroxylation is 1. The number of halogens is 1. The van der Waals surface area contributed by atoms with Crippen LogP contribution in [0.1, 0.15) is 45.2 Å². The third-order valence-corrected chi connectivity index (χ3v) is 4.51. The highest BCUT2D eigenvalue weighted by Crippen LogP contribution is 2.25. The van der Waals surface area contributed by atoms with Crippen LogP contribution in [0.15, 0.2) is 0 Å². The molecule has 4 nitrogen and oxygen atoms in total. The van der Waals surface area contributed by atoms with Gasteiger partial charge in [0.25, 0.3) is 0 Å². The lowest BCUT2D eigenvalue weighted by molar-refractivity contribution is 0.567. The molecule has 1 aromatic heterocycles. The van der Waals surface area contributed by atoms with Crippen molar-refractivity contribution in [2.75, 3.05) is 29.9 Å². The number of rotatable bonds is 5. The fourth-order valence-corrected chi connectivity index (χ4v) is 3.10. The molecule has 0 atom stereocenters. The van der Waals surface area contributed by atoms with E-state index in [0.717, 1.165) is 44.2 Å². The summed E-state index contributed by atoms with van der Waals surface area (Å²) < 4.78 is 1.18. The van der Waals surface area contributed by atoms with E-state index in [4.69, 9.17) is 9.97 Å². The quantitative estimate of drug-likeness (QED) is 0.802. The summed E-state index contributed by atoms with van der Waals surface area (Å²) in [4.78, 5) is 11.9. The molecule has 1 saturated heterocycles. The summed E-state index contributed by atoms with van der Waals surface area (Å²) in [6, 6.07) is 0. The minimum absolute atomic E-state index is 0.901. The van der Waals surface area contributed by atoms with E-state index in [1.54, 1.807) is 0 Å². The van der Waals surface area contributed by atoms with Crippen molar-refractivity contribution in [3.8, 4) is 0 Å². The number of aromatic nitrogens is 2. The first kappa shape index (κ1) is 14.8. The first-order valence-corrected chi connectivity index (χ1v) is 8.39. The van der Waals surface area contributed by atoms with E-state index in [1.807, 2.05) is 0 Å². The van der Waals surface area contributed by atoms with Gasteiger partial charge in [-0.25, -0.2) is 4.98 Å². The Morgan fingerprint density at radius 3 is 2.53 bits per heavy atom. The number of piperidine rings is 1. The van der Waals surface area contributed by atoms with Crippen molar-refractivity contribution in [3.05, 3.63) is 9.26 Å².